The maximum atomic E-state index is 12.7. The molecule has 0 radical (unpaired) electrons. The van der Waals surface area contributed by atoms with Gasteiger partial charge in [-0.2, -0.15) is 11.8 Å². The van der Waals surface area contributed by atoms with E-state index in [1.807, 2.05) is 35.9 Å². The number of esters is 1. The molecule has 0 bridgehead atoms. The van der Waals surface area contributed by atoms with Crippen LogP contribution in [0.25, 0.3) is 10.1 Å². The van der Waals surface area contributed by atoms with Crippen molar-refractivity contribution in [1.29, 1.82) is 0 Å². The van der Waals surface area contributed by atoms with E-state index in [0.29, 0.717) is 17.2 Å². The lowest BCUT2D eigenvalue weighted by Gasteiger charge is -2.18. The lowest BCUT2D eigenvalue weighted by atomic mass is 10.1. The molecule has 152 valence electrons. The first-order chi connectivity index (χ1) is 14.0. The predicted octanol–water partition coefficient (Wildman–Crippen LogP) is 5.80. The molecule has 0 fully saturated rings. The summed E-state index contributed by atoms with van der Waals surface area (Å²) in [4.78, 5) is 25.3. The van der Waals surface area contributed by atoms with Crippen molar-refractivity contribution in [2.75, 3.05) is 12.0 Å². The number of hydrogen-bond acceptors (Lipinski definition) is 5. The largest absolute Gasteiger partial charge is 0.459 e. The number of carbonyl (C=O) groups is 2. The number of carbonyl (C=O) groups excluding carboxylic acids is 2. The molecular weight excluding hydrogens is 449 g/mol. The highest BCUT2D eigenvalue weighted by atomic mass is 35.5. The van der Waals surface area contributed by atoms with Crippen molar-refractivity contribution in [2.24, 2.45) is 0 Å². The number of hydrogen-bond donors (Lipinski definition) is 1. The van der Waals surface area contributed by atoms with Gasteiger partial charge in [0, 0.05) is 15.3 Å². The molecule has 0 spiro atoms. The molecule has 1 N–H and O–H groups in total. The second-order valence-corrected chi connectivity index (χ2v) is 9.04. The van der Waals surface area contributed by atoms with Crippen molar-refractivity contribution in [3.63, 3.8) is 0 Å². The molecule has 0 aliphatic heterocycles. The monoisotopic (exact) mass is 467 g/mol. The minimum atomic E-state index is -0.758. The van der Waals surface area contributed by atoms with Gasteiger partial charge in [-0.3, -0.25) is 4.79 Å². The Morgan fingerprint density at radius 3 is 2.76 bits per heavy atom. The Kier molecular flexibility index (Phi) is 7.84. The zero-order valence-corrected chi connectivity index (χ0v) is 18.8. The van der Waals surface area contributed by atoms with Crippen LogP contribution in [0.15, 0.2) is 47.8 Å². The van der Waals surface area contributed by atoms with Gasteiger partial charge in [0.15, 0.2) is 0 Å². The number of rotatable bonds is 8. The third-order valence-corrected chi connectivity index (χ3v) is 6.51. The molecule has 1 unspecified atom stereocenters. The molecule has 4 nitrogen and oxygen atoms in total. The van der Waals surface area contributed by atoms with Crippen LogP contribution in [0.4, 0.5) is 0 Å². The van der Waals surface area contributed by atoms with Crippen molar-refractivity contribution in [1.82, 2.24) is 5.32 Å². The van der Waals surface area contributed by atoms with Crippen molar-refractivity contribution in [3.8, 4) is 0 Å². The van der Waals surface area contributed by atoms with E-state index in [1.54, 1.807) is 29.2 Å². The van der Waals surface area contributed by atoms with Gasteiger partial charge in [-0.25, -0.2) is 4.79 Å². The molecule has 29 heavy (non-hydrogen) atoms. The Labute approximate surface area is 187 Å². The average molecular weight is 468 g/mol. The highest BCUT2D eigenvalue weighted by Gasteiger charge is 2.24. The van der Waals surface area contributed by atoms with Gasteiger partial charge in [-0.1, -0.05) is 41.4 Å². The average Bonchev–Trinajstić information content (AvgIpc) is 3.12. The Balaban J connectivity index is 1.68. The highest BCUT2D eigenvalue weighted by molar-refractivity contribution is 7.98. The summed E-state index contributed by atoms with van der Waals surface area (Å²) >= 11 is 15.2. The lowest BCUT2D eigenvalue weighted by Crippen LogP contribution is -2.42. The number of nitrogens with one attached hydrogen (secondary N) is 1. The summed E-state index contributed by atoms with van der Waals surface area (Å²) in [5, 5.41) is 6.47. The Morgan fingerprint density at radius 2 is 2.00 bits per heavy atom. The van der Waals surface area contributed by atoms with Gasteiger partial charge in [-0.05, 0) is 53.5 Å². The number of benzene rings is 2. The van der Waals surface area contributed by atoms with Crippen LogP contribution in [0.5, 0.6) is 0 Å². The maximum Gasteiger partial charge on any atom is 0.329 e. The number of ether oxygens (including phenoxy) is 1. The first-order valence-electron chi connectivity index (χ1n) is 8.86. The lowest BCUT2D eigenvalue weighted by molar-refractivity contribution is -0.147. The highest BCUT2D eigenvalue weighted by Crippen LogP contribution is 2.26. The van der Waals surface area contributed by atoms with E-state index in [1.165, 1.54) is 12.1 Å². The molecule has 1 amide bonds. The normalized spacial score (nSPS) is 12.0. The van der Waals surface area contributed by atoms with Gasteiger partial charge in [0.25, 0.3) is 5.91 Å². The van der Waals surface area contributed by atoms with Crippen LogP contribution in [0, 0.1) is 0 Å². The molecular formula is C21H19Cl2NO3S2. The third-order valence-electron chi connectivity index (χ3n) is 4.31. The van der Waals surface area contributed by atoms with Crippen LogP contribution in [0.3, 0.4) is 0 Å². The third kappa shape index (κ3) is 5.66. The first-order valence-corrected chi connectivity index (χ1v) is 11.9. The van der Waals surface area contributed by atoms with Crippen molar-refractivity contribution in [2.45, 2.75) is 19.1 Å². The second kappa shape index (κ2) is 10.3. The van der Waals surface area contributed by atoms with E-state index in [2.05, 4.69) is 5.32 Å². The Hall–Kier alpha value is -1.73. The minimum Gasteiger partial charge on any atom is -0.459 e. The summed E-state index contributed by atoms with van der Waals surface area (Å²) in [6.45, 7) is 0.163. The molecule has 1 atom stereocenters. The smallest absolute Gasteiger partial charge is 0.329 e. The van der Waals surface area contributed by atoms with Crippen molar-refractivity contribution < 1.29 is 14.3 Å². The number of halogens is 2. The molecule has 8 heteroatoms. The molecule has 0 aliphatic carbocycles. The molecule has 3 aromatic rings. The van der Waals surface area contributed by atoms with Crippen molar-refractivity contribution in [3.05, 3.63) is 69.0 Å². The minimum absolute atomic E-state index is 0.163. The SMILES string of the molecule is CSCCC(NC(=O)c1ccc(Cl)cc1Cl)C(=O)OCc1csc2ccccc12. The van der Waals surface area contributed by atoms with Crippen LogP contribution in [0.2, 0.25) is 10.0 Å². The molecule has 1 heterocycles. The van der Waals surface area contributed by atoms with Crippen LogP contribution in [-0.4, -0.2) is 29.9 Å². The predicted molar refractivity (Wildman–Crippen MR) is 122 cm³/mol. The summed E-state index contributed by atoms with van der Waals surface area (Å²) in [5.74, 6) is -0.195. The maximum absolute atomic E-state index is 12.7. The van der Waals surface area contributed by atoms with Crippen LogP contribution in [0.1, 0.15) is 22.3 Å². The molecule has 2 aromatic carbocycles. The van der Waals surface area contributed by atoms with E-state index in [4.69, 9.17) is 27.9 Å². The van der Waals surface area contributed by atoms with Gasteiger partial charge in [0.2, 0.25) is 0 Å². The van der Waals surface area contributed by atoms with E-state index < -0.39 is 17.9 Å². The molecule has 0 aliphatic rings. The molecule has 0 saturated heterocycles. The number of amides is 1. The van der Waals surface area contributed by atoms with E-state index >= 15 is 0 Å². The van der Waals surface area contributed by atoms with Crippen molar-refractivity contribution >= 4 is 68.3 Å². The van der Waals surface area contributed by atoms with Gasteiger partial charge in [-0.15, -0.1) is 11.3 Å². The standard InChI is InChI=1S/C21H19Cl2NO3S2/c1-28-9-8-18(24-20(25)16-7-6-14(22)10-17(16)23)21(26)27-11-13-12-29-19-5-3-2-4-15(13)19/h2-7,10,12,18H,8-9,11H2,1H3,(H,24,25). The summed E-state index contributed by atoms with van der Waals surface area (Å²) in [6, 6.07) is 11.8. The fourth-order valence-electron chi connectivity index (χ4n) is 2.79. The second-order valence-electron chi connectivity index (χ2n) is 6.30. The Morgan fingerprint density at radius 1 is 1.21 bits per heavy atom. The van der Waals surface area contributed by atoms with Gasteiger partial charge < -0.3 is 10.1 Å². The van der Waals surface area contributed by atoms with Crippen LogP contribution >= 0.6 is 46.3 Å². The quantitative estimate of drug-likeness (QED) is 0.425. The fraction of sp³-hybridized carbons (Fsp3) is 0.238. The molecule has 1 aromatic heterocycles. The molecule has 3 rings (SSSR count). The van der Waals surface area contributed by atoms with Gasteiger partial charge >= 0.3 is 5.97 Å². The topological polar surface area (TPSA) is 55.4 Å². The number of thioether (sulfide) groups is 1. The number of fused-ring (bicyclic) bond motifs is 1. The Bertz CT molecular complexity index is 1020. The summed E-state index contributed by atoms with van der Waals surface area (Å²) in [7, 11) is 0. The number of thiophene rings is 1. The van der Waals surface area contributed by atoms with E-state index in [0.717, 1.165) is 15.6 Å². The van der Waals surface area contributed by atoms with Gasteiger partial charge in [0.1, 0.15) is 12.6 Å². The summed E-state index contributed by atoms with van der Waals surface area (Å²) in [5.41, 5.74) is 1.22. The zero-order valence-electron chi connectivity index (χ0n) is 15.6. The summed E-state index contributed by atoms with van der Waals surface area (Å²) in [6.07, 6.45) is 2.40. The van der Waals surface area contributed by atoms with Gasteiger partial charge in [0.05, 0.1) is 10.6 Å². The van der Waals surface area contributed by atoms with Crippen LogP contribution in [-0.2, 0) is 16.1 Å². The fourth-order valence-corrected chi connectivity index (χ4v) is 4.70. The molecule has 0 saturated carbocycles. The van der Waals surface area contributed by atoms with Crippen LogP contribution < -0.4 is 5.32 Å². The zero-order chi connectivity index (χ0) is 20.8. The van der Waals surface area contributed by atoms with E-state index in [9.17, 15) is 9.59 Å². The summed E-state index contributed by atoms with van der Waals surface area (Å²) < 4.78 is 6.67. The van der Waals surface area contributed by atoms with E-state index in [-0.39, 0.29) is 17.2 Å². The first kappa shape index (κ1) is 22.0.